The normalized spacial score (nSPS) is 11.6. The van der Waals surface area contributed by atoms with E-state index < -0.39 is 0 Å². The van der Waals surface area contributed by atoms with Crippen molar-refractivity contribution in [1.29, 1.82) is 0 Å². The molecule has 1 heterocycles. The van der Waals surface area contributed by atoms with Crippen molar-refractivity contribution in [3.05, 3.63) is 77.4 Å². The first kappa shape index (κ1) is 22.6. The zero-order chi connectivity index (χ0) is 22.3. The predicted molar refractivity (Wildman–Crippen MR) is 141 cm³/mol. The molecule has 0 radical (unpaired) electrons. The molecule has 0 aliphatic rings. The van der Waals surface area contributed by atoms with Crippen LogP contribution in [0.5, 0.6) is 0 Å². The number of nitrogens with zero attached hydrogens (tertiary/aromatic N) is 1. The van der Waals surface area contributed by atoms with Crippen molar-refractivity contribution in [3.63, 3.8) is 0 Å². The Morgan fingerprint density at radius 1 is 0.594 bits per heavy atom. The summed E-state index contributed by atoms with van der Waals surface area (Å²) in [7, 11) is 0. The molecule has 3 aromatic carbocycles. The Hall–Kier alpha value is -2.54. The largest absolute Gasteiger partial charge is 0.309 e. The highest BCUT2D eigenvalue weighted by atomic mass is 15.0. The lowest BCUT2D eigenvalue weighted by atomic mass is 10.0. The molecule has 0 spiro atoms. The van der Waals surface area contributed by atoms with Crippen LogP contribution >= 0.6 is 0 Å². The molecule has 32 heavy (non-hydrogen) atoms. The quantitative estimate of drug-likeness (QED) is 0.211. The number of aromatic nitrogens is 1. The van der Waals surface area contributed by atoms with Crippen LogP contribution in [-0.4, -0.2) is 4.57 Å². The Labute approximate surface area is 194 Å². The molecule has 0 amide bonds. The maximum absolute atomic E-state index is 2.47. The van der Waals surface area contributed by atoms with Crippen molar-refractivity contribution >= 4 is 21.8 Å². The third-order valence-electron chi connectivity index (χ3n) is 6.79. The fraction of sp³-hybridized carbons (Fsp3) is 0.419. The van der Waals surface area contributed by atoms with Gasteiger partial charge in [0.05, 0.1) is 11.0 Å². The molecule has 0 saturated carbocycles. The molecule has 0 aliphatic heterocycles. The summed E-state index contributed by atoms with van der Waals surface area (Å²) in [5, 5.41) is 2.81. The van der Waals surface area contributed by atoms with Crippen LogP contribution in [0.15, 0.2) is 60.7 Å². The van der Waals surface area contributed by atoms with Gasteiger partial charge in [0, 0.05) is 16.5 Å². The summed E-state index contributed by atoms with van der Waals surface area (Å²) >= 11 is 0. The van der Waals surface area contributed by atoms with E-state index in [1.54, 1.807) is 0 Å². The van der Waals surface area contributed by atoms with E-state index in [4.69, 9.17) is 0 Å². The number of rotatable bonds is 11. The Kier molecular flexibility index (Phi) is 7.68. The molecule has 0 fully saturated rings. The lowest BCUT2D eigenvalue weighted by Crippen LogP contribution is -1.95. The molecule has 0 atom stereocenters. The average molecular weight is 426 g/mol. The van der Waals surface area contributed by atoms with Crippen LogP contribution in [0.3, 0.4) is 0 Å². The lowest BCUT2D eigenvalue weighted by molar-refractivity contribution is 0.667. The molecule has 4 rings (SSSR count). The highest BCUT2D eigenvalue weighted by molar-refractivity contribution is 6.09. The summed E-state index contributed by atoms with van der Waals surface area (Å²) in [5.74, 6) is 0. The van der Waals surface area contributed by atoms with Gasteiger partial charge in [0.15, 0.2) is 0 Å². The Balaban J connectivity index is 1.77. The van der Waals surface area contributed by atoms with Gasteiger partial charge in [-0.15, -0.1) is 0 Å². The summed E-state index contributed by atoms with van der Waals surface area (Å²) in [6.07, 6.45) is 12.9. The minimum absolute atomic E-state index is 1.18. The second-order valence-corrected chi connectivity index (χ2v) is 9.50. The summed E-state index contributed by atoms with van der Waals surface area (Å²) in [5.41, 5.74) is 8.17. The smallest absolute Gasteiger partial charge is 0.0541 e. The van der Waals surface area contributed by atoms with Crippen molar-refractivity contribution in [2.45, 2.75) is 85.0 Å². The highest BCUT2D eigenvalue weighted by Gasteiger charge is 2.14. The molecule has 1 aromatic heterocycles. The van der Waals surface area contributed by atoms with Crippen LogP contribution < -0.4 is 0 Å². The van der Waals surface area contributed by atoms with E-state index in [9.17, 15) is 0 Å². The van der Waals surface area contributed by atoms with Crippen molar-refractivity contribution in [2.24, 2.45) is 0 Å². The number of benzene rings is 3. The second kappa shape index (κ2) is 10.9. The first-order valence-electron chi connectivity index (χ1n) is 12.8. The summed E-state index contributed by atoms with van der Waals surface area (Å²) in [6.45, 7) is 6.75. The maximum Gasteiger partial charge on any atom is 0.0541 e. The standard InChI is InChI=1S/C31H39N/c1-4-6-8-10-14-25-17-19-30-28(22-25)29-23-26(15-11-9-7-5-2)18-20-31(29)32(30)27-16-12-13-24(3)21-27/h12-13,16-23H,4-11,14-15H2,1-3H3. The first-order valence-corrected chi connectivity index (χ1v) is 12.8. The molecule has 1 heteroatoms. The molecule has 0 aliphatic carbocycles. The van der Waals surface area contributed by atoms with E-state index in [2.05, 4.69) is 86.0 Å². The third kappa shape index (κ3) is 5.09. The van der Waals surface area contributed by atoms with E-state index in [0.717, 1.165) is 0 Å². The fourth-order valence-corrected chi connectivity index (χ4v) is 4.99. The van der Waals surface area contributed by atoms with Crippen molar-refractivity contribution < 1.29 is 0 Å². The van der Waals surface area contributed by atoms with Crippen LogP contribution in [0.2, 0.25) is 0 Å². The molecular weight excluding hydrogens is 386 g/mol. The monoisotopic (exact) mass is 425 g/mol. The molecular formula is C31H39N. The average Bonchev–Trinajstić information content (AvgIpc) is 3.13. The summed E-state index contributed by atoms with van der Waals surface area (Å²) < 4.78 is 2.46. The minimum Gasteiger partial charge on any atom is -0.309 e. The Morgan fingerprint density at radius 2 is 1.16 bits per heavy atom. The molecule has 1 nitrogen and oxygen atoms in total. The molecule has 4 aromatic rings. The van der Waals surface area contributed by atoms with Crippen molar-refractivity contribution in [1.82, 2.24) is 4.57 Å². The van der Waals surface area contributed by atoms with Crippen molar-refractivity contribution in [2.75, 3.05) is 0 Å². The van der Waals surface area contributed by atoms with E-state index in [1.165, 1.54) is 108 Å². The van der Waals surface area contributed by atoms with Gasteiger partial charge >= 0.3 is 0 Å². The topological polar surface area (TPSA) is 4.93 Å². The zero-order valence-corrected chi connectivity index (χ0v) is 20.3. The van der Waals surface area contributed by atoms with Crippen molar-refractivity contribution in [3.8, 4) is 5.69 Å². The van der Waals surface area contributed by atoms with Gasteiger partial charge < -0.3 is 4.57 Å². The van der Waals surface area contributed by atoms with E-state index in [-0.39, 0.29) is 0 Å². The molecule has 0 unspecified atom stereocenters. The third-order valence-corrected chi connectivity index (χ3v) is 6.79. The van der Waals surface area contributed by atoms with Gasteiger partial charge in [-0.3, -0.25) is 0 Å². The number of unbranched alkanes of at least 4 members (excludes halogenated alkanes) is 6. The minimum atomic E-state index is 1.18. The van der Waals surface area contributed by atoms with Crippen LogP contribution in [0.25, 0.3) is 27.5 Å². The second-order valence-electron chi connectivity index (χ2n) is 9.50. The number of hydrogen-bond donors (Lipinski definition) is 0. The van der Waals surface area contributed by atoms with Gasteiger partial charge in [-0.1, -0.05) is 76.6 Å². The summed E-state index contributed by atoms with van der Waals surface area (Å²) in [4.78, 5) is 0. The summed E-state index contributed by atoms with van der Waals surface area (Å²) in [6, 6.07) is 23.2. The Bertz CT molecular complexity index is 1090. The first-order chi connectivity index (χ1) is 15.7. The van der Waals surface area contributed by atoms with E-state index in [1.807, 2.05) is 0 Å². The van der Waals surface area contributed by atoms with Crippen LogP contribution in [0, 0.1) is 6.92 Å². The molecule has 0 bridgehead atoms. The predicted octanol–water partition coefficient (Wildman–Crippen LogP) is 9.34. The van der Waals surface area contributed by atoms with E-state index >= 15 is 0 Å². The molecule has 168 valence electrons. The highest BCUT2D eigenvalue weighted by Crippen LogP contribution is 2.34. The fourth-order valence-electron chi connectivity index (χ4n) is 4.99. The SMILES string of the molecule is CCCCCCc1ccc2c(c1)c1cc(CCCCCC)ccc1n2-c1cccc(C)c1. The van der Waals surface area contributed by atoms with Gasteiger partial charge in [-0.25, -0.2) is 0 Å². The lowest BCUT2D eigenvalue weighted by Gasteiger charge is -2.09. The number of fused-ring (bicyclic) bond motifs is 3. The van der Waals surface area contributed by atoms with Crippen LogP contribution in [0.4, 0.5) is 0 Å². The molecule has 0 saturated heterocycles. The molecule has 0 N–H and O–H groups in total. The van der Waals surface area contributed by atoms with E-state index in [0.29, 0.717) is 0 Å². The Morgan fingerprint density at radius 3 is 1.66 bits per heavy atom. The van der Waals surface area contributed by atoms with Gasteiger partial charge in [-0.05, 0) is 85.7 Å². The van der Waals surface area contributed by atoms with Gasteiger partial charge in [0.1, 0.15) is 0 Å². The zero-order valence-electron chi connectivity index (χ0n) is 20.3. The van der Waals surface area contributed by atoms with Gasteiger partial charge in [-0.2, -0.15) is 0 Å². The van der Waals surface area contributed by atoms with Gasteiger partial charge in [0.25, 0.3) is 0 Å². The van der Waals surface area contributed by atoms with Crippen LogP contribution in [-0.2, 0) is 12.8 Å². The number of hydrogen-bond acceptors (Lipinski definition) is 0. The van der Waals surface area contributed by atoms with Gasteiger partial charge in [0.2, 0.25) is 0 Å². The van der Waals surface area contributed by atoms with Crippen LogP contribution in [0.1, 0.15) is 81.9 Å². The number of aryl methyl sites for hydroxylation is 3. The maximum atomic E-state index is 2.47.